The molecule has 0 aromatic rings. The Labute approximate surface area is 109 Å². The fourth-order valence-corrected chi connectivity index (χ4v) is 1.18. The zero-order valence-electron chi connectivity index (χ0n) is 11.9. The Morgan fingerprint density at radius 3 is 2.39 bits per heavy atom. The molecule has 0 aliphatic carbocycles. The summed E-state index contributed by atoms with van der Waals surface area (Å²) in [6.45, 7) is 6.73. The van der Waals surface area contributed by atoms with Crippen LogP contribution >= 0.6 is 0 Å². The van der Waals surface area contributed by atoms with E-state index in [1.807, 2.05) is 13.8 Å². The van der Waals surface area contributed by atoms with Crippen LogP contribution in [-0.2, 0) is 14.3 Å². The van der Waals surface area contributed by atoms with Crippen LogP contribution in [0.4, 0.5) is 0 Å². The van der Waals surface area contributed by atoms with E-state index in [-0.39, 0.29) is 24.4 Å². The molecule has 6 heteroatoms. The molecule has 0 saturated carbocycles. The van der Waals surface area contributed by atoms with Crippen LogP contribution in [0.3, 0.4) is 0 Å². The van der Waals surface area contributed by atoms with Gasteiger partial charge in [-0.2, -0.15) is 0 Å². The second kappa shape index (κ2) is 8.88. The first-order valence-electron chi connectivity index (χ1n) is 6.15. The molecule has 0 aromatic carbocycles. The second-order valence-electron chi connectivity index (χ2n) is 4.48. The van der Waals surface area contributed by atoms with Crippen molar-refractivity contribution < 1.29 is 14.3 Å². The van der Waals surface area contributed by atoms with E-state index < -0.39 is 6.04 Å². The highest BCUT2D eigenvalue weighted by atomic mass is 16.5. The summed E-state index contributed by atoms with van der Waals surface area (Å²) in [5.74, 6) is -0.159. The lowest BCUT2D eigenvalue weighted by Crippen LogP contribution is -2.47. The molecule has 0 heterocycles. The first-order valence-corrected chi connectivity index (χ1v) is 6.15. The van der Waals surface area contributed by atoms with E-state index in [0.29, 0.717) is 13.2 Å². The van der Waals surface area contributed by atoms with Crippen molar-refractivity contribution in [2.45, 2.75) is 32.9 Å². The second-order valence-corrected chi connectivity index (χ2v) is 4.48. The monoisotopic (exact) mass is 259 g/mol. The van der Waals surface area contributed by atoms with Crippen molar-refractivity contribution in [1.29, 1.82) is 0 Å². The molecule has 0 bridgehead atoms. The minimum absolute atomic E-state index is 0.0264. The molecule has 0 aliphatic heterocycles. The van der Waals surface area contributed by atoms with Crippen LogP contribution in [0.15, 0.2) is 0 Å². The molecule has 0 saturated heterocycles. The number of amides is 2. The largest absolute Gasteiger partial charge is 0.383 e. The van der Waals surface area contributed by atoms with E-state index in [4.69, 9.17) is 4.74 Å². The number of rotatable bonds is 8. The number of nitrogens with one attached hydrogen (secondary N) is 2. The summed E-state index contributed by atoms with van der Waals surface area (Å²) in [6, 6.07) is -0.239. The smallest absolute Gasteiger partial charge is 0.236 e. The zero-order valence-corrected chi connectivity index (χ0v) is 11.9. The normalized spacial score (nSPS) is 12.3. The van der Waals surface area contributed by atoms with E-state index in [1.54, 1.807) is 26.0 Å². The van der Waals surface area contributed by atoms with Crippen LogP contribution in [-0.4, -0.2) is 62.7 Å². The summed E-state index contributed by atoms with van der Waals surface area (Å²) in [4.78, 5) is 24.9. The summed E-state index contributed by atoms with van der Waals surface area (Å²) >= 11 is 0. The molecule has 1 atom stereocenters. The third-order valence-corrected chi connectivity index (χ3v) is 2.73. The first kappa shape index (κ1) is 16.9. The maximum absolute atomic E-state index is 11.7. The number of likely N-dealkylation sites (N-methyl/N-ethyl adjacent to an activating group) is 1. The van der Waals surface area contributed by atoms with E-state index in [1.165, 1.54) is 0 Å². The Morgan fingerprint density at radius 2 is 1.89 bits per heavy atom. The van der Waals surface area contributed by atoms with E-state index >= 15 is 0 Å². The minimum Gasteiger partial charge on any atom is -0.383 e. The zero-order chi connectivity index (χ0) is 14.1. The van der Waals surface area contributed by atoms with Gasteiger partial charge in [-0.15, -0.1) is 0 Å². The summed E-state index contributed by atoms with van der Waals surface area (Å²) < 4.78 is 4.83. The molecular weight excluding hydrogens is 234 g/mol. The molecule has 6 nitrogen and oxygen atoms in total. The number of hydrogen-bond donors (Lipinski definition) is 2. The molecule has 18 heavy (non-hydrogen) atoms. The summed E-state index contributed by atoms with van der Waals surface area (Å²) in [6.07, 6.45) is 0. The molecule has 0 aliphatic rings. The number of methoxy groups -OCH3 is 1. The fraction of sp³-hybridized carbons (Fsp3) is 0.833. The van der Waals surface area contributed by atoms with Crippen molar-refractivity contribution in [2.75, 3.05) is 33.9 Å². The Kier molecular flexibility index (Phi) is 8.32. The molecular formula is C12H25N3O3. The highest BCUT2D eigenvalue weighted by Crippen LogP contribution is 1.93. The first-order chi connectivity index (χ1) is 8.40. The van der Waals surface area contributed by atoms with Crippen molar-refractivity contribution in [3.8, 4) is 0 Å². The molecule has 0 fully saturated rings. The summed E-state index contributed by atoms with van der Waals surface area (Å²) in [7, 11) is 3.33. The molecule has 2 N–H and O–H groups in total. The van der Waals surface area contributed by atoms with Gasteiger partial charge < -0.3 is 15.0 Å². The standard InChI is InChI=1S/C12H25N3O3/c1-9(2)15(4)11(16)8-14-10(3)12(17)13-6-7-18-5/h9-10,14H,6-8H2,1-5H3,(H,13,17). The van der Waals surface area contributed by atoms with E-state index in [2.05, 4.69) is 10.6 Å². The van der Waals surface area contributed by atoms with Gasteiger partial charge in [0.25, 0.3) is 0 Å². The Bertz CT molecular complexity index is 269. The highest BCUT2D eigenvalue weighted by molar-refractivity contribution is 5.83. The maximum Gasteiger partial charge on any atom is 0.236 e. The van der Waals surface area contributed by atoms with Crippen molar-refractivity contribution in [1.82, 2.24) is 15.5 Å². The van der Waals surface area contributed by atoms with Gasteiger partial charge in [-0.25, -0.2) is 0 Å². The predicted molar refractivity (Wildman–Crippen MR) is 70.3 cm³/mol. The molecule has 1 unspecified atom stereocenters. The van der Waals surface area contributed by atoms with E-state index in [0.717, 1.165) is 0 Å². The molecule has 0 rings (SSSR count). The lowest BCUT2D eigenvalue weighted by atomic mass is 10.3. The maximum atomic E-state index is 11.7. The number of carbonyl (C=O) groups excluding carboxylic acids is 2. The van der Waals surface area contributed by atoms with Gasteiger partial charge in [0.2, 0.25) is 11.8 Å². The Hall–Kier alpha value is -1.14. The summed E-state index contributed by atoms with van der Waals surface area (Å²) in [5, 5.41) is 5.61. The van der Waals surface area contributed by atoms with Crippen LogP contribution in [0.5, 0.6) is 0 Å². The van der Waals surface area contributed by atoms with Gasteiger partial charge in [0.1, 0.15) is 0 Å². The van der Waals surface area contributed by atoms with Gasteiger partial charge in [0.15, 0.2) is 0 Å². The molecule has 106 valence electrons. The lowest BCUT2D eigenvalue weighted by molar-refractivity contribution is -0.130. The molecule has 0 radical (unpaired) electrons. The Balaban J connectivity index is 3.91. The van der Waals surface area contributed by atoms with Gasteiger partial charge in [-0.05, 0) is 20.8 Å². The van der Waals surface area contributed by atoms with E-state index in [9.17, 15) is 9.59 Å². The van der Waals surface area contributed by atoms with Gasteiger partial charge in [-0.3, -0.25) is 14.9 Å². The van der Waals surface area contributed by atoms with Crippen LogP contribution in [0.1, 0.15) is 20.8 Å². The Morgan fingerprint density at radius 1 is 1.28 bits per heavy atom. The van der Waals surface area contributed by atoms with Crippen molar-refractivity contribution in [2.24, 2.45) is 0 Å². The molecule has 0 aromatic heterocycles. The molecule has 0 spiro atoms. The lowest BCUT2D eigenvalue weighted by Gasteiger charge is -2.22. The van der Waals surface area contributed by atoms with Gasteiger partial charge in [0, 0.05) is 26.7 Å². The van der Waals surface area contributed by atoms with Crippen LogP contribution in [0, 0.1) is 0 Å². The third kappa shape index (κ3) is 6.56. The van der Waals surface area contributed by atoms with Crippen LogP contribution in [0.2, 0.25) is 0 Å². The van der Waals surface area contributed by atoms with Crippen molar-refractivity contribution in [3.05, 3.63) is 0 Å². The van der Waals surface area contributed by atoms with Crippen LogP contribution in [0.25, 0.3) is 0 Å². The van der Waals surface area contributed by atoms with Crippen molar-refractivity contribution in [3.63, 3.8) is 0 Å². The topological polar surface area (TPSA) is 70.7 Å². The number of hydrogen-bond acceptors (Lipinski definition) is 4. The predicted octanol–water partition coefficient (Wildman–Crippen LogP) is -0.406. The highest BCUT2D eigenvalue weighted by Gasteiger charge is 2.16. The number of nitrogens with zero attached hydrogens (tertiary/aromatic N) is 1. The van der Waals surface area contributed by atoms with Crippen LogP contribution < -0.4 is 10.6 Å². The summed E-state index contributed by atoms with van der Waals surface area (Å²) in [5.41, 5.74) is 0. The molecule has 2 amide bonds. The fourth-order valence-electron chi connectivity index (χ4n) is 1.18. The minimum atomic E-state index is -0.397. The average molecular weight is 259 g/mol. The van der Waals surface area contributed by atoms with Gasteiger partial charge in [-0.1, -0.05) is 0 Å². The van der Waals surface area contributed by atoms with Gasteiger partial charge >= 0.3 is 0 Å². The SMILES string of the molecule is COCCNC(=O)C(C)NCC(=O)N(C)C(C)C. The quantitative estimate of drug-likeness (QED) is 0.582. The van der Waals surface area contributed by atoms with Gasteiger partial charge in [0.05, 0.1) is 19.2 Å². The average Bonchev–Trinajstić information content (AvgIpc) is 2.34. The van der Waals surface area contributed by atoms with Crippen molar-refractivity contribution >= 4 is 11.8 Å². The number of carbonyl (C=O) groups is 2. The number of ether oxygens (including phenoxy) is 1. The third-order valence-electron chi connectivity index (χ3n) is 2.73.